The standard InChI is InChI=1S/C22H31N5O6S/c1-14-18(21(30)25-9-8-17(28)33-13-12-32-11-10-31-3)34-22(27(14)2)26-20(29)16-6-4-15(5-7-16)19(23)24/h4-7,14,18H,8-13H2,1-3H3,(H3,23,24)(H,25,30). The van der Waals surface area contributed by atoms with Crippen LogP contribution in [0.5, 0.6) is 0 Å². The molecule has 0 aromatic heterocycles. The Bertz CT molecular complexity index is 908. The van der Waals surface area contributed by atoms with Gasteiger partial charge in [0.05, 0.1) is 26.2 Å². The van der Waals surface area contributed by atoms with E-state index in [1.165, 1.54) is 11.8 Å². The maximum atomic E-state index is 12.6. The summed E-state index contributed by atoms with van der Waals surface area (Å²) >= 11 is 1.19. The minimum Gasteiger partial charge on any atom is -0.463 e. The highest BCUT2D eigenvalue weighted by Crippen LogP contribution is 2.31. The number of amides is 2. The third-order valence-corrected chi connectivity index (χ3v) is 6.48. The Morgan fingerprint density at radius 2 is 1.79 bits per heavy atom. The van der Waals surface area contributed by atoms with Crippen molar-refractivity contribution >= 4 is 40.5 Å². The summed E-state index contributed by atoms with van der Waals surface area (Å²) in [5.74, 6) is -1.21. The van der Waals surface area contributed by atoms with E-state index in [4.69, 9.17) is 25.4 Å². The predicted octanol–water partition coefficient (Wildman–Crippen LogP) is 0.615. The normalized spacial score (nSPS) is 18.7. The number of nitrogen functional groups attached to an aromatic ring is 1. The molecule has 34 heavy (non-hydrogen) atoms. The summed E-state index contributed by atoms with van der Waals surface area (Å²) in [7, 11) is 3.34. The Labute approximate surface area is 202 Å². The van der Waals surface area contributed by atoms with Crippen LogP contribution in [0.15, 0.2) is 29.3 Å². The number of aliphatic imine (C=N–C) groups is 1. The summed E-state index contributed by atoms with van der Waals surface area (Å²) in [5.41, 5.74) is 6.30. The highest BCUT2D eigenvalue weighted by molar-refractivity contribution is 8.15. The molecule has 2 atom stereocenters. The maximum absolute atomic E-state index is 12.6. The highest BCUT2D eigenvalue weighted by Gasteiger charge is 2.39. The number of benzene rings is 1. The second-order valence-corrected chi connectivity index (χ2v) is 8.56. The van der Waals surface area contributed by atoms with Gasteiger partial charge in [-0.2, -0.15) is 4.99 Å². The number of hydrogen-bond acceptors (Lipinski definition) is 8. The molecule has 2 rings (SSSR count). The van der Waals surface area contributed by atoms with Gasteiger partial charge in [-0.25, -0.2) is 0 Å². The number of carbonyl (C=O) groups is 3. The molecule has 2 amide bonds. The molecule has 1 aromatic rings. The van der Waals surface area contributed by atoms with Crippen LogP contribution in [0.1, 0.15) is 29.3 Å². The summed E-state index contributed by atoms with van der Waals surface area (Å²) in [5, 5.41) is 10.1. The number of ether oxygens (including phenoxy) is 3. The maximum Gasteiger partial charge on any atom is 0.307 e. The van der Waals surface area contributed by atoms with Crippen LogP contribution in [-0.4, -0.2) is 92.1 Å². The summed E-state index contributed by atoms with van der Waals surface area (Å²) < 4.78 is 15.1. The van der Waals surface area contributed by atoms with Gasteiger partial charge in [-0.05, 0) is 19.1 Å². The molecule has 0 aliphatic carbocycles. The van der Waals surface area contributed by atoms with Crippen molar-refractivity contribution < 1.29 is 28.6 Å². The van der Waals surface area contributed by atoms with Crippen LogP contribution in [-0.2, 0) is 23.8 Å². The molecule has 1 heterocycles. The predicted molar refractivity (Wildman–Crippen MR) is 129 cm³/mol. The van der Waals surface area contributed by atoms with E-state index in [2.05, 4.69) is 10.3 Å². The number of nitrogens with two attached hydrogens (primary N) is 1. The van der Waals surface area contributed by atoms with E-state index in [9.17, 15) is 14.4 Å². The smallest absolute Gasteiger partial charge is 0.307 e. The Hall–Kier alpha value is -2.96. The van der Waals surface area contributed by atoms with Gasteiger partial charge in [0.25, 0.3) is 5.91 Å². The molecule has 0 spiro atoms. The van der Waals surface area contributed by atoms with Crippen molar-refractivity contribution in [1.82, 2.24) is 10.2 Å². The second kappa shape index (κ2) is 13.7. The quantitative estimate of drug-likeness (QED) is 0.164. The van der Waals surface area contributed by atoms with Gasteiger partial charge in [-0.3, -0.25) is 19.8 Å². The first-order valence-electron chi connectivity index (χ1n) is 10.7. The topological polar surface area (TPSA) is 156 Å². The van der Waals surface area contributed by atoms with Gasteiger partial charge in [0.15, 0.2) is 5.17 Å². The minimum absolute atomic E-state index is 0.0428. The van der Waals surface area contributed by atoms with E-state index in [0.717, 1.165) is 0 Å². The number of thioether (sulfide) groups is 1. The van der Waals surface area contributed by atoms with Crippen LogP contribution in [0.2, 0.25) is 0 Å². The monoisotopic (exact) mass is 493 g/mol. The van der Waals surface area contributed by atoms with Crippen molar-refractivity contribution in [3.05, 3.63) is 35.4 Å². The van der Waals surface area contributed by atoms with Crippen molar-refractivity contribution in [2.24, 2.45) is 10.7 Å². The molecular weight excluding hydrogens is 462 g/mol. The van der Waals surface area contributed by atoms with Gasteiger partial charge in [-0.15, -0.1) is 0 Å². The highest BCUT2D eigenvalue weighted by atomic mass is 32.2. The number of rotatable bonds is 12. The van der Waals surface area contributed by atoms with Crippen LogP contribution in [0, 0.1) is 5.41 Å². The molecule has 4 N–H and O–H groups in total. The summed E-state index contributed by atoms with van der Waals surface area (Å²) in [6.45, 7) is 3.33. The van der Waals surface area contributed by atoms with Gasteiger partial charge < -0.3 is 30.2 Å². The molecule has 0 radical (unpaired) electrons. The first-order chi connectivity index (χ1) is 16.2. The second-order valence-electron chi connectivity index (χ2n) is 7.45. The molecule has 1 aliphatic rings. The summed E-state index contributed by atoms with van der Waals surface area (Å²) in [6, 6.07) is 6.08. The summed E-state index contributed by atoms with van der Waals surface area (Å²) in [6.07, 6.45) is 0.0428. The van der Waals surface area contributed by atoms with Gasteiger partial charge in [0.2, 0.25) is 5.91 Å². The lowest BCUT2D eigenvalue weighted by Crippen LogP contribution is -2.41. The first-order valence-corrected chi connectivity index (χ1v) is 11.6. The van der Waals surface area contributed by atoms with Crippen molar-refractivity contribution in [3.63, 3.8) is 0 Å². The molecule has 11 nitrogen and oxygen atoms in total. The third-order valence-electron chi connectivity index (χ3n) is 5.03. The molecule has 0 saturated carbocycles. The minimum atomic E-state index is -0.484. The third kappa shape index (κ3) is 8.12. The molecule has 1 fully saturated rings. The number of esters is 1. The van der Waals surface area contributed by atoms with Crippen molar-refractivity contribution in [2.75, 3.05) is 47.1 Å². The Kier molecular flexibility index (Phi) is 11.0. The van der Waals surface area contributed by atoms with Crippen LogP contribution in [0.4, 0.5) is 0 Å². The molecule has 186 valence electrons. The van der Waals surface area contributed by atoms with E-state index in [-0.39, 0.29) is 44.0 Å². The number of hydrogen-bond donors (Lipinski definition) is 3. The molecular formula is C22H31N5O6S. The number of amidine groups is 2. The lowest BCUT2D eigenvalue weighted by atomic mass is 10.1. The lowest BCUT2D eigenvalue weighted by Gasteiger charge is -2.19. The molecule has 1 saturated heterocycles. The zero-order valence-electron chi connectivity index (χ0n) is 19.5. The van der Waals surface area contributed by atoms with E-state index < -0.39 is 17.1 Å². The number of nitrogens with zero attached hydrogens (tertiary/aromatic N) is 2. The average Bonchev–Trinajstić information content (AvgIpc) is 3.09. The van der Waals surface area contributed by atoms with Crippen molar-refractivity contribution in [1.29, 1.82) is 5.41 Å². The Morgan fingerprint density at radius 3 is 2.44 bits per heavy atom. The Balaban J connectivity index is 1.81. The fourth-order valence-electron chi connectivity index (χ4n) is 2.91. The zero-order chi connectivity index (χ0) is 25.1. The molecule has 1 aliphatic heterocycles. The van der Waals surface area contributed by atoms with Gasteiger partial charge in [0, 0.05) is 37.9 Å². The fraction of sp³-hybridized carbons (Fsp3) is 0.500. The summed E-state index contributed by atoms with van der Waals surface area (Å²) in [4.78, 5) is 42.9. The lowest BCUT2D eigenvalue weighted by molar-refractivity contribution is -0.145. The van der Waals surface area contributed by atoms with E-state index >= 15 is 0 Å². The molecule has 0 bridgehead atoms. The Morgan fingerprint density at radius 1 is 1.15 bits per heavy atom. The molecule has 12 heteroatoms. The fourth-order valence-corrected chi connectivity index (χ4v) is 4.18. The van der Waals surface area contributed by atoms with E-state index in [1.807, 2.05) is 6.92 Å². The zero-order valence-corrected chi connectivity index (χ0v) is 20.4. The van der Waals surface area contributed by atoms with E-state index in [1.54, 1.807) is 43.3 Å². The van der Waals surface area contributed by atoms with Crippen LogP contribution in [0.25, 0.3) is 0 Å². The molecule has 2 unspecified atom stereocenters. The average molecular weight is 494 g/mol. The van der Waals surface area contributed by atoms with Crippen molar-refractivity contribution in [3.8, 4) is 0 Å². The van der Waals surface area contributed by atoms with Crippen LogP contribution < -0.4 is 11.1 Å². The number of nitrogens with one attached hydrogen (secondary N) is 2. The van der Waals surface area contributed by atoms with Gasteiger partial charge in [0.1, 0.15) is 17.7 Å². The van der Waals surface area contributed by atoms with Crippen LogP contribution in [0.3, 0.4) is 0 Å². The van der Waals surface area contributed by atoms with Gasteiger partial charge in [-0.1, -0.05) is 23.9 Å². The SMILES string of the molecule is COCCOCCOC(=O)CCNC(=O)C1SC(=NC(=O)c2ccc(C(=N)N)cc2)N(C)C1C. The number of methoxy groups -OCH3 is 1. The first kappa shape index (κ1) is 27.3. The van der Waals surface area contributed by atoms with Gasteiger partial charge >= 0.3 is 5.97 Å². The van der Waals surface area contributed by atoms with E-state index in [0.29, 0.717) is 29.5 Å². The largest absolute Gasteiger partial charge is 0.463 e. The number of carbonyl (C=O) groups excluding carboxylic acids is 3. The van der Waals surface area contributed by atoms with Crippen molar-refractivity contribution in [2.45, 2.75) is 24.6 Å². The van der Waals surface area contributed by atoms with Crippen LogP contribution >= 0.6 is 11.8 Å². The molecule has 1 aromatic carbocycles.